The number of hydrogen-bond donors (Lipinski definition) is 0. The van der Waals surface area contributed by atoms with Gasteiger partial charge in [-0.2, -0.15) is 0 Å². The van der Waals surface area contributed by atoms with Crippen LogP contribution in [0.2, 0.25) is 5.02 Å². The molecule has 0 aliphatic heterocycles. The van der Waals surface area contributed by atoms with Crippen molar-refractivity contribution in [2.24, 2.45) is 0 Å². The fourth-order valence-corrected chi connectivity index (χ4v) is 2.26. The molecule has 0 N–H and O–H groups in total. The van der Waals surface area contributed by atoms with E-state index in [9.17, 15) is 0 Å². The molecule has 0 bridgehead atoms. The zero-order valence-corrected chi connectivity index (χ0v) is 10.1. The fraction of sp³-hybridized carbons (Fsp3) is 0.154. The van der Waals surface area contributed by atoms with Gasteiger partial charge in [0.2, 0.25) is 0 Å². The Hall–Kier alpha value is -1.05. The van der Waals surface area contributed by atoms with Crippen LogP contribution in [0, 0.1) is 0 Å². The Morgan fingerprint density at radius 2 is 1.75 bits per heavy atom. The smallest absolute Gasteiger partial charge is 0.0640 e. The third-order valence-corrected chi connectivity index (χ3v) is 3.14. The van der Waals surface area contributed by atoms with Crippen LogP contribution in [0.5, 0.6) is 0 Å². The summed E-state index contributed by atoms with van der Waals surface area (Å²) in [6, 6.07) is 11.6. The van der Waals surface area contributed by atoms with E-state index in [0.29, 0.717) is 0 Å². The summed E-state index contributed by atoms with van der Waals surface area (Å²) in [7, 11) is 0. The number of aromatic nitrogens is 1. The van der Waals surface area contributed by atoms with Gasteiger partial charge in [-0.15, -0.1) is 11.6 Å². The van der Waals surface area contributed by atoms with Crippen molar-refractivity contribution in [3.8, 4) is 0 Å². The van der Waals surface area contributed by atoms with Gasteiger partial charge >= 0.3 is 0 Å². The summed E-state index contributed by atoms with van der Waals surface area (Å²) >= 11 is 12.4. The highest BCUT2D eigenvalue weighted by molar-refractivity contribution is 6.32. The molecular formula is C13H11Cl2N. The molecule has 0 aliphatic carbocycles. The quantitative estimate of drug-likeness (QED) is 0.744. The summed E-state index contributed by atoms with van der Waals surface area (Å²) in [6.45, 7) is 0. The molecule has 0 spiro atoms. The molecule has 82 valence electrons. The van der Waals surface area contributed by atoms with Crippen molar-refractivity contribution in [2.45, 2.75) is 11.8 Å². The molecule has 0 saturated heterocycles. The summed E-state index contributed by atoms with van der Waals surface area (Å²) in [4.78, 5) is 3.97. The van der Waals surface area contributed by atoms with Crippen molar-refractivity contribution in [1.29, 1.82) is 0 Å². The van der Waals surface area contributed by atoms with E-state index >= 15 is 0 Å². The zero-order chi connectivity index (χ0) is 11.4. The summed E-state index contributed by atoms with van der Waals surface area (Å²) in [5.74, 6) is 0. The third-order valence-electron chi connectivity index (χ3n) is 2.41. The predicted molar refractivity (Wildman–Crippen MR) is 68.0 cm³/mol. The van der Waals surface area contributed by atoms with E-state index in [4.69, 9.17) is 23.2 Å². The van der Waals surface area contributed by atoms with Crippen LogP contribution in [0.1, 0.15) is 16.5 Å². The van der Waals surface area contributed by atoms with Crippen LogP contribution in [0.3, 0.4) is 0 Å². The van der Waals surface area contributed by atoms with Crippen LogP contribution in [-0.2, 0) is 6.42 Å². The van der Waals surface area contributed by atoms with Crippen molar-refractivity contribution in [3.63, 3.8) is 0 Å². The van der Waals surface area contributed by atoms with Crippen molar-refractivity contribution in [1.82, 2.24) is 4.98 Å². The SMILES string of the molecule is Clc1ccccc1C(Cl)Cc1ccncc1. The number of halogens is 2. The molecule has 2 aromatic rings. The van der Waals surface area contributed by atoms with Gasteiger partial charge in [0.1, 0.15) is 0 Å². The van der Waals surface area contributed by atoms with Gasteiger partial charge < -0.3 is 0 Å². The van der Waals surface area contributed by atoms with E-state index < -0.39 is 0 Å². The Morgan fingerprint density at radius 3 is 2.44 bits per heavy atom. The van der Waals surface area contributed by atoms with Gasteiger partial charge in [0.25, 0.3) is 0 Å². The highest BCUT2D eigenvalue weighted by Crippen LogP contribution is 2.30. The summed E-state index contributed by atoms with van der Waals surface area (Å²) in [5, 5.41) is 0.618. The first-order valence-electron chi connectivity index (χ1n) is 5.05. The highest BCUT2D eigenvalue weighted by atomic mass is 35.5. The maximum absolute atomic E-state index is 6.34. The van der Waals surface area contributed by atoms with Crippen molar-refractivity contribution < 1.29 is 0 Å². The van der Waals surface area contributed by atoms with Gasteiger partial charge in [0.15, 0.2) is 0 Å². The minimum Gasteiger partial charge on any atom is -0.265 e. The number of benzene rings is 1. The Balaban J connectivity index is 2.15. The van der Waals surface area contributed by atoms with E-state index in [-0.39, 0.29) is 5.38 Å². The number of alkyl halides is 1. The molecule has 0 fully saturated rings. The molecule has 1 aromatic carbocycles. The lowest BCUT2D eigenvalue weighted by molar-refractivity contribution is 0.916. The zero-order valence-electron chi connectivity index (χ0n) is 8.61. The standard InChI is InChI=1S/C13H11Cl2N/c14-12-4-2-1-3-11(12)13(15)9-10-5-7-16-8-6-10/h1-8,13H,9H2. The van der Waals surface area contributed by atoms with Gasteiger partial charge in [-0.25, -0.2) is 0 Å². The van der Waals surface area contributed by atoms with Gasteiger partial charge in [0.05, 0.1) is 5.38 Å². The number of nitrogens with zero attached hydrogens (tertiary/aromatic N) is 1. The molecule has 0 saturated carbocycles. The molecule has 1 aromatic heterocycles. The van der Waals surface area contributed by atoms with Crippen molar-refractivity contribution in [3.05, 3.63) is 64.9 Å². The largest absolute Gasteiger partial charge is 0.265 e. The monoisotopic (exact) mass is 251 g/mol. The molecule has 0 amide bonds. The van der Waals surface area contributed by atoms with Crippen LogP contribution >= 0.6 is 23.2 Å². The lowest BCUT2D eigenvalue weighted by Gasteiger charge is -2.11. The first-order chi connectivity index (χ1) is 7.77. The second-order valence-corrected chi connectivity index (χ2v) is 4.48. The maximum Gasteiger partial charge on any atom is 0.0640 e. The number of hydrogen-bond acceptors (Lipinski definition) is 1. The molecular weight excluding hydrogens is 241 g/mol. The summed E-state index contributed by atoms with van der Waals surface area (Å²) < 4.78 is 0. The molecule has 1 heterocycles. The minimum absolute atomic E-state index is 0.101. The van der Waals surface area contributed by atoms with Gasteiger partial charge in [0, 0.05) is 17.4 Å². The third kappa shape index (κ3) is 2.75. The Morgan fingerprint density at radius 1 is 1.06 bits per heavy atom. The average Bonchev–Trinajstić information content (AvgIpc) is 2.31. The van der Waals surface area contributed by atoms with E-state index in [1.54, 1.807) is 12.4 Å². The molecule has 0 aliphatic rings. The minimum atomic E-state index is -0.101. The molecule has 1 unspecified atom stereocenters. The number of rotatable bonds is 3. The van der Waals surface area contributed by atoms with E-state index in [2.05, 4.69) is 4.98 Å². The summed E-state index contributed by atoms with van der Waals surface area (Å²) in [6.07, 6.45) is 4.30. The molecule has 1 nitrogen and oxygen atoms in total. The van der Waals surface area contributed by atoms with E-state index in [0.717, 1.165) is 22.6 Å². The van der Waals surface area contributed by atoms with Crippen LogP contribution in [0.15, 0.2) is 48.8 Å². The van der Waals surface area contributed by atoms with Crippen LogP contribution in [0.25, 0.3) is 0 Å². The molecule has 3 heteroatoms. The summed E-state index contributed by atoms with van der Waals surface area (Å²) in [5.41, 5.74) is 2.14. The fourth-order valence-electron chi connectivity index (χ4n) is 1.56. The average molecular weight is 252 g/mol. The second kappa shape index (κ2) is 5.33. The normalized spacial score (nSPS) is 12.4. The second-order valence-electron chi connectivity index (χ2n) is 3.55. The molecule has 0 radical (unpaired) electrons. The predicted octanol–water partition coefficient (Wildman–Crippen LogP) is 4.26. The van der Waals surface area contributed by atoms with Gasteiger partial charge in [-0.1, -0.05) is 29.8 Å². The topological polar surface area (TPSA) is 12.9 Å². The Labute approximate surface area is 105 Å². The molecule has 2 rings (SSSR count). The lowest BCUT2D eigenvalue weighted by atomic mass is 10.0. The molecule has 16 heavy (non-hydrogen) atoms. The highest BCUT2D eigenvalue weighted by Gasteiger charge is 2.11. The van der Waals surface area contributed by atoms with Gasteiger partial charge in [-0.3, -0.25) is 4.98 Å². The van der Waals surface area contributed by atoms with Crippen molar-refractivity contribution in [2.75, 3.05) is 0 Å². The maximum atomic E-state index is 6.34. The molecule has 1 atom stereocenters. The number of pyridine rings is 1. The Bertz CT molecular complexity index is 456. The first-order valence-corrected chi connectivity index (χ1v) is 5.86. The van der Waals surface area contributed by atoms with Crippen LogP contribution in [-0.4, -0.2) is 4.98 Å². The first kappa shape index (κ1) is 11.4. The van der Waals surface area contributed by atoms with E-state index in [1.807, 2.05) is 36.4 Å². The van der Waals surface area contributed by atoms with E-state index in [1.165, 1.54) is 0 Å². The van der Waals surface area contributed by atoms with Crippen molar-refractivity contribution >= 4 is 23.2 Å². The Kier molecular flexibility index (Phi) is 3.81. The van der Waals surface area contributed by atoms with Crippen LogP contribution in [0.4, 0.5) is 0 Å². The lowest BCUT2D eigenvalue weighted by Crippen LogP contribution is -1.96. The van der Waals surface area contributed by atoms with Crippen LogP contribution < -0.4 is 0 Å². The van der Waals surface area contributed by atoms with Gasteiger partial charge in [-0.05, 0) is 35.7 Å².